The highest BCUT2D eigenvalue weighted by Crippen LogP contribution is 2.47. The number of aliphatic imine (C=N–C) groups is 1. The first kappa shape index (κ1) is 20.2. The summed E-state index contributed by atoms with van der Waals surface area (Å²) < 4.78 is 0. The molecule has 4 nitrogen and oxygen atoms in total. The van der Waals surface area contributed by atoms with Gasteiger partial charge in [0.25, 0.3) is 0 Å². The van der Waals surface area contributed by atoms with Gasteiger partial charge in [-0.3, -0.25) is 4.99 Å². The molecule has 0 bridgehead atoms. The highest BCUT2D eigenvalue weighted by atomic mass is 127. The summed E-state index contributed by atoms with van der Waals surface area (Å²) in [7, 11) is 1.83. The van der Waals surface area contributed by atoms with Crippen LogP contribution in [-0.2, 0) is 13.0 Å². The van der Waals surface area contributed by atoms with Gasteiger partial charge in [0.05, 0.1) is 17.2 Å². The van der Waals surface area contributed by atoms with E-state index in [-0.39, 0.29) is 24.0 Å². The summed E-state index contributed by atoms with van der Waals surface area (Å²) in [6.45, 7) is 5.87. The summed E-state index contributed by atoms with van der Waals surface area (Å²) >= 11 is 1.75. The average Bonchev–Trinajstić information content (AvgIpc) is 3.26. The standard InChI is InChI=1S/C19H26N4S.HI/c1-14-17(24-15(2)23-14)12-21-18(20-3)22-13-19(9-10-19)11-16-7-5-4-6-8-16;/h4-8H,9-13H2,1-3H3,(H2,20,21,22);1H. The fourth-order valence-corrected chi connectivity index (χ4v) is 3.89. The summed E-state index contributed by atoms with van der Waals surface area (Å²) in [6.07, 6.45) is 3.73. The topological polar surface area (TPSA) is 49.3 Å². The van der Waals surface area contributed by atoms with Crippen molar-refractivity contribution in [1.82, 2.24) is 15.6 Å². The van der Waals surface area contributed by atoms with E-state index in [9.17, 15) is 0 Å². The number of aromatic nitrogens is 1. The number of aryl methyl sites for hydroxylation is 2. The quantitative estimate of drug-likeness (QED) is 0.380. The van der Waals surface area contributed by atoms with E-state index in [1.807, 2.05) is 7.05 Å². The minimum Gasteiger partial charge on any atom is -0.356 e. The molecule has 0 radical (unpaired) electrons. The summed E-state index contributed by atoms with van der Waals surface area (Å²) in [4.78, 5) is 10.1. The molecule has 1 heterocycles. The van der Waals surface area contributed by atoms with Gasteiger partial charge >= 0.3 is 0 Å². The lowest BCUT2D eigenvalue weighted by Gasteiger charge is -2.18. The van der Waals surface area contributed by atoms with Crippen LogP contribution in [0.1, 0.15) is 34.0 Å². The molecule has 2 aromatic rings. The molecule has 0 unspecified atom stereocenters. The molecule has 0 aliphatic heterocycles. The van der Waals surface area contributed by atoms with E-state index in [2.05, 4.69) is 64.8 Å². The Balaban J connectivity index is 0.00000225. The normalized spacial score (nSPS) is 15.4. The SMILES string of the molecule is CN=C(NCc1sc(C)nc1C)NCC1(Cc2ccccc2)CC1.I. The summed E-state index contributed by atoms with van der Waals surface area (Å²) in [6, 6.07) is 10.8. The second-order valence-electron chi connectivity index (χ2n) is 6.68. The van der Waals surface area contributed by atoms with Crippen molar-refractivity contribution >= 4 is 41.3 Å². The molecule has 0 saturated heterocycles. The second kappa shape index (κ2) is 8.98. The predicted molar refractivity (Wildman–Crippen MR) is 117 cm³/mol. The van der Waals surface area contributed by atoms with Crippen molar-refractivity contribution in [2.75, 3.05) is 13.6 Å². The predicted octanol–water partition coefficient (Wildman–Crippen LogP) is 4.07. The van der Waals surface area contributed by atoms with Gasteiger partial charge in [-0.2, -0.15) is 0 Å². The van der Waals surface area contributed by atoms with Gasteiger partial charge < -0.3 is 10.6 Å². The Morgan fingerprint density at radius 2 is 1.92 bits per heavy atom. The van der Waals surface area contributed by atoms with E-state index in [1.165, 1.54) is 23.3 Å². The van der Waals surface area contributed by atoms with E-state index < -0.39 is 0 Å². The monoisotopic (exact) mass is 470 g/mol. The molecule has 1 saturated carbocycles. The van der Waals surface area contributed by atoms with E-state index >= 15 is 0 Å². The van der Waals surface area contributed by atoms with Crippen LogP contribution in [0.15, 0.2) is 35.3 Å². The molecule has 2 N–H and O–H groups in total. The van der Waals surface area contributed by atoms with Crippen LogP contribution in [0.4, 0.5) is 0 Å². The van der Waals surface area contributed by atoms with Gasteiger partial charge in [-0.05, 0) is 44.1 Å². The van der Waals surface area contributed by atoms with Crippen molar-refractivity contribution in [3.8, 4) is 0 Å². The lowest BCUT2D eigenvalue weighted by Crippen LogP contribution is -2.40. The number of nitrogens with one attached hydrogen (secondary N) is 2. The molecule has 1 aliphatic rings. The van der Waals surface area contributed by atoms with Gasteiger partial charge in [0.2, 0.25) is 0 Å². The van der Waals surface area contributed by atoms with Crippen molar-refractivity contribution in [1.29, 1.82) is 0 Å². The van der Waals surface area contributed by atoms with Crippen LogP contribution in [-0.4, -0.2) is 24.5 Å². The lowest BCUT2D eigenvalue weighted by molar-refractivity contribution is 0.492. The van der Waals surface area contributed by atoms with Crippen LogP contribution in [0.3, 0.4) is 0 Å². The fraction of sp³-hybridized carbons (Fsp3) is 0.474. The molecule has 1 aliphatic carbocycles. The molecule has 0 spiro atoms. The van der Waals surface area contributed by atoms with E-state index in [1.54, 1.807) is 11.3 Å². The Kier molecular flexibility index (Phi) is 7.25. The first-order valence-corrected chi connectivity index (χ1v) is 9.33. The van der Waals surface area contributed by atoms with Crippen LogP contribution in [0.25, 0.3) is 0 Å². The summed E-state index contributed by atoms with van der Waals surface area (Å²) in [5, 5.41) is 8.04. The highest BCUT2D eigenvalue weighted by molar-refractivity contribution is 14.0. The number of rotatable bonds is 6. The van der Waals surface area contributed by atoms with Gasteiger partial charge in [0, 0.05) is 18.5 Å². The zero-order valence-corrected chi connectivity index (χ0v) is 18.3. The number of guanidine groups is 1. The molecular formula is C19H27IN4S. The van der Waals surface area contributed by atoms with Crippen molar-refractivity contribution in [2.45, 2.75) is 39.7 Å². The summed E-state index contributed by atoms with van der Waals surface area (Å²) in [5.41, 5.74) is 2.94. The molecule has 136 valence electrons. The van der Waals surface area contributed by atoms with E-state index in [0.717, 1.165) is 36.2 Å². The van der Waals surface area contributed by atoms with E-state index in [4.69, 9.17) is 0 Å². The van der Waals surface area contributed by atoms with Gasteiger partial charge in [-0.15, -0.1) is 35.3 Å². The molecule has 1 fully saturated rings. The third-order valence-corrected chi connectivity index (χ3v) is 5.72. The number of thiazole rings is 1. The smallest absolute Gasteiger partial charge is 0.191 e. The minimum atomic E-state index is 0. The number of benzene rings is 1. The van der Waals surface area contributed by atoms with Crippen molar-refractivity contribution in [3.63, 3.8) is 0 Å². The number of nitrogens with zero attached hydrogens (tertiary/aromatic N) is 2. The Hall–Kier alpha value is -1.15. The Labute approximate surface area is 171 Å². The van der Waals surface area contributed by atoms with Crippen LogP contribution in [0.2, 0.25) is 0 Å². The summed E-state index contributed by atoms with van der Waals surface area (Å²) in [5.74, 6) is 0.875. The molecule has 3 rings (SSSR count). The van der Waals surface area contributed by atoms with Crippen LogP contribution in [0, 0.1) is 19.3 Å². The van der Waals surface area contributed by atoms with Crippen molar-refractivity contribution in [3.05, 3.63) is 51.5 Å². The zero-order chi connectivity index (χ0) is 17.0. The molecule has 1 aromatic carbocycles. The number of hydrogen-bond acceptors (Lipinski definition) is 3. The molecule has 25 heavy (non-hydrogen) atoms. The van der Waals surface area contributed by atoms with Gasteiger partial charge in [0.15, 0.2) is 5.96 Å². The third-order valence-electron chi connectivity index (χ3n) is 4.65. The lowest BCUT2D eigenvalue weighted by atomic mass is 9.96. The second-order valence-corrected chi connectivity index (χ2v) is 7.97. The van der Waals surface area contributed by atoms with E-state index in [0.29, 0.717) is 5.41 Å². The Morgan fingerprint density at radius 1 is 1.20 bits per heavy atom. The Morgan fingerprint density at radius 3 is 2.48 bits per heavy atom. The van der Waals surface area contributed by atoms with Crippen LogP contribution >= 0.6 is 35.3 Å². The number of halogens is 1. The van der Waals surface area contributed by atoms with Gasteiger partial charge in [-0.25, -0.2) is 4.98 Å². The largest absolute Gasteiger partial charge is 0.356 e. The highest BCUT2D eigenvalue weighted by Gasteiger charge is 2.42. The molecule has 6 heteroatoms. The first-order chi connectivity index (χ1) is 11.6. The van der Waals surface area contributed by atoms with Gasteiger partial charge in [-0.1, -0.05) is 30.3 Å². The van der Waals surface area contributed by atoms with Crippen molar-refractivity contribution in [2.24, 2.45) is 10.4 Å². The fourth-order valence-electron chi connectivity index (χ4n) is 3.02. The minimum absolute atomic E-state index is 0. The maximum absolute atomic E-state index is 4.48. The average molecular weight is 470 g/mol. The van der Waals surface area contributed by atoms with Gasteiger partial charge in [0.1, 0.15) is 0 Å². The maximum Gasteiger partial charge on any atom is 0.191 e. The zero-order valence-electron chi connectivity index (χ0n) is 15.1. The molecular weight excluding hydrogens is 443 g/mol. The Bertz CT molecular complexity index is 707. The molecule has 0 amide bonds. The first-order valence-electron chi connectivity index (χ1n) is 8.52. The number of hydrogen-bond donors (Lipinski definition) is 2. The third kappa shape index (κ3) is 5.67. The molecule has 1 aromatic heterocycles. The van der Waals surface area contributed by atoms with Crippen molar-refractivity contribution < 1.29 is 0 Å². The molecule has 0 atom stereocenters. The van der Waals surface area contributed by atoms with Crippen LogP contribution in [0.5, 0.6) is 0 Å². The maximum atomic E-state index is 4.48. The van der Waals surface area contributed by atoms with Crippen LogP contribution < -0.4 is 10.6 Å².